The molecule has 0 saturated heterocycles. The number of carboxylic acid groups (broad SMARTS) is 1. The molecule has 2 amide bonds. The van der Waals surface area contributed by atoms with Gasteiger partial charge in [0.05, 0.1) is 17.6 Å². The summed E-state index contributed by atoms with van der Waals surface area (Å²) in [5.41, 5.74) is 8.06. The van der Waals surface area contributed by atoms with Crippen LogP contribution in [0.15, 0.2) is 42.5 Å². The molecule has 0 bridgehead atoms. The van der Waals surface area contributed by atoms with Crippen molar-refractivity contribution in [3.63, 3.8) is 0 Å². The van der Waals surface area contributed by atoms with Gasteiger partial charge in [-0.2, -0.15) is 0 Å². The van der Waals surface area contributed by atoms with Crippen molar-refractivity contribution in [2.45, 2.75) is 25.4 Å². The van der Waals surface area contributed by atoms with E-state index in [1.54, 1.807) is 18.2 Å². The van der Waals surface area contributed by atoms with Crippen LogP contribution in [-0.4, -0.2) is 32.0 Å². The first-order chi connectivity index (χ1) is 12.4. The van der Waals surface area contributed by atoms with Crippen molar-refractivity contribution in [2.75, 3.05) is 0 Å². The van der Waals surface area contributed by atoms with E-state index in [9.17, 15) is 14.7 Å². The summed E-state index contributed by atoms with van der Waals surface area (Å²) in [7, 11) is 0. The molecule has 0 fully saturated rings. The Kier molecular flexibility index (Phi) is 3.47. The number of amides is 2. The highest BCUT2D eigenvalue weighted by atomic mass is 16.4. The van der Waals surface area contributed by atoms with Crippen LogP contribution in [0.5, 0.6) is 0 Å². The van der Waals surface area contributed by atoms with Crippen LogP contribution >= 0.6 is 0 Å². The largest absolute Gasteiger partial charge is 0.465 e. The van der Waals surface area contributed by atoms with Gasteiger partial charge in [-0.05, 0) is 30.2 Å². The van der Waals surface area contributed by atoms with E-state index >= 15 is 0 Å². The van der Waals surface area contributed by atoms with E-state index in [1.807, 2.05) is 31.2 Å². The van der Waals surface area contributed by atoms with Crippen molar-refractivity contribution >= 4 is 23.0 Å². The smallest absolute Gasteiger partial charge is 0.408 e. The molecule has 0 radical (unpaired) electrons. The number of H-pyrrole nitrogens is 1. The van der Waals surface area contributed by atoms with Gasteiger partial charge in [-0.1, -0.05) is 30.3 Å². The van der Waals surface area contributed by atoms with E-state index < -0.39 is 17.5 Å². The third-order valence-electron chi connectivity index (χ3n) is 5.10. The molecule has 0 saturated carbocycles. The SMILES string of the molecule is CC1(c2nc3c(C(N)=O)cccc3[nH]2)Cc2ccccc2CN1C(=O)O. The molecule has 1 aliphatic heterocycles. The second-order valence-electron chi connectivity index (χ2n) is 6.74. The first-order valence-corrected chi connectivity index (χ1v) is 8.26. The second kappa shape index (κ2) is 5.59. The number of nitrogens with two attached hydrogens (primary N) is 1. The molecular formula is C19H18N4O3. The maximum Gasteiger partial charge on any atom is 0.408 e. The number of nitrogens with zero attached hydrogens (tertiary/aromatic N) is 2. The van der Waals surface area contributed by atoms with Gasteiger partial charge < -0.3 is 15.8 Å². The molecule has 1 atom stereocenters. The van der Waals surface area contributed by atoms with E-state index in [1.165, 1.54) is 4.90 Å². The highest BCUT2D eigenvalue weighted by Gasteiger charge is 2.43. The number of carbonyl (C=O) groups is 2. The number of carbonyl (C=O) groups excluding carboxylic acids is 1. The normalized spacial score (nSPS) is 19.3. The minimum atomic E-state index is -1.02. The summed E-state index contributed by atoms with van der Waals surface area (Å²) in [4.78, 5) is 32.8. The number of para-hydroxylation sites is 1. The van der Waals surface area contributed by atoms with E-state index in [-0.39, 0.29) is 6.54 Å². The van der Waals surface area contributed by atoms with E-state index in [0.717, 1.165) is 11.1 Å². The van der Waals surface area contributed by atoms with Gasteiger partial charge in [0.1, 0.15) is 16.9 Å². The zero-order valence-electron chi connectivity index (χ0n) is 14.2. The first kappa shape index (κ1) is 16.1. The summed E-state index contributed by atoms with van der Waals surface area (Å²) >= 11 is 0. The number of imidazole rings is 1. The van der Waals surface area contributed by atoms with Gasteiger partial charge in [-0.25, -0.2) is 9.78 Å². The lowest BCUT2D eigenvalue weighted by atomic mass is 9.84. The molecular weight excluding hydrogens is 332 g/mol. The molecule has 1 aromatic heterocycles. The monoisotopic (exact) mass is 350 g/mol. The molecule has 2 aromatic carbocycles. The summed E-state index contributed by atoms with van der Waals surface area (Å²) < 4.78 is 0. The third-order valence-corrected chi connectivity index (χ3v) is 5.10. The van der Waals surface area contributed by atoms with Crippen LogP contribution in [0.2, 0.25) is 0 Å². The Labute approximate surface area is 149 Å². The molecule has 0 aliphatic carbocycles. The van der Waals surface area contributed by atoms with Crippen LogP contribution in [0, 0.1) is 0 Å². The maximum absolute atomic E-state index is 12.0. The van der Waals surface area contributed by atoms with Crippen LogP contribution < -0.4 is 5.73 Å². The zero-order chi connectivity index (χ0) is 18.5. The number of hydrogen-bond donors (Lipinski definition) is 3. The fourth-order valence-electron chi connectivity index (χ4n) is 3.67. The highest BCUT2D eigenvalue weighted by Crippen LogP contribution is 2.38. The molecule has 7 heteroatoms. The lowest BCUT2D eigenvalue weighted by molar-refractivity contribution is 0.0644. The second-order valence-corrected chi connectivity index (χ2v) is 6.74. The van der Waals surface area contributed by atoms with Gasteiger partial charge in [-0.15, -0.1) is 0 Å². The zero-order valence-corrected chi connectivity index (χ0v) is 14.2. The molecule has 7 nitrogen and oxygen atoms in total. The molecule has 3 aromatic rings. The van der Waals surface area contributed by atoms with Crippen LogP contribution in [0.3, 0.4) is 0 Å². The lowest BCUT2D eigenvalue weighted by Crippen LogP contribution is -2.51. The first-order valence-electron chi connectivity index (χ1n) is 8.26. The van der Waals surface area contributed by atoms with Crippen molar-refractivity contribution in [3.05, 3.63) is 65.0 Å². The van der Waals surface area contributed by atoms with Gasteiger partial charge in [0.25, 0.3) is 5.91 Å². The average molecular weight is 350 g/mol. The number of primary amides is 1. The van der Waals surface area contributed by atoms with Crippen molar-refractivity contribution in [3.8, 4) is 0 Å². The Morgan fingerprint density at radius 3 is 2.62 bits per heavy atom. The van der Waals surface area contributed by atoms with Crippen LogP contribution in [0.1, 0.15) is 34.2 Å². The standard InChI is InChI=1S/C19H18N4O3/c1-19(9-11-5-2-3-6-12(11)10-23(19)18(25)26)17-21-14-8-4-7-13(16(20)24)15(14)22-17/h2-8H,9-10H2,1H3,(H2,20,24)(H,21,22)(H,25,26). The number of aromatic amines is 1. The van der Waals surface area contributed by atoms with E-state index in [0.29, 0.717) is 28.8 Å². The molecule has 132 valence electrons. The number of fused-ring (bicyclic) bond motifs is 2. The predicted octanol–water partition coefficient (Wildman–Crippen LogP) is 2.61. The number of nitrogens with one attached hydrogen (secondary N) is 1. The summed E-state index contributed by atoms with van der Waals surface area (Å²) in [6.45, 7) is 2.13. The fraction of sp³-hybridized carbons (Fsp3) is 0.211. The summed E-state index contributed by atoms with van der Waals surface area (Å²) in [5, 5.41) is 9.79. The maximum atomic E-state index is 12.0. The van der Waals surface area contributed by atoms with Crippen molar-refractivity contribution < 1.29 is 14.7 Å². The lowest BCUT2D eigenvalue weighted by Gasteiger charge is -2.42. The van der Waals surface area contributed by atoms with Crippen LogP contribution in [0.4, 0.5) is 4.79 Å². The Balaban J connectivity index is 1.89. The van der Waals surface area contributed by atoms with E-state index in [4.69, 9.17) is 5.73 Å². The molecule has 2 heterocycles. The molecule has 0 spiro atoms. The summed E-state index contributed by atoms with van der Waals surface area (Å²) in [5.74, 6) is -0.0685. The number of hydrogen-bond acceptors (Lipinski definition) is 3. The van der Waals surface area contributed by atoms with Gasteiger partial charge in [0.15, 0.2) is 0 Å². The number of aromatic nitrogens is 2. The van der Waals surface area contributed by atoms with Crippen molar-refractivity contribution in [1.82, 2.24) is 14.9 Å². The summed E-state index contributed by atoms with van der Waals surface area (Å²) in [6.07, 6.45) is -0.529. The Hall–Kier alpha value is -3.35. The molecule has 26 heavy (non-hydrogen) atoms. The highest BCUT2D eigenvalue weighted by molar-refractivity contribution is 6.04. The molecule has 4 rings (SSSR count). The van der Waals surface area contributed by atoms with Gasteiger partial charge >= 0.3 is 6.09 Å². The third kappa shape index (κ3) is 2.32. The minimum absolute atomic E-state index is 0.279. The number of rotatable bonds is 2. The summed E-state index contributed by atoms with van der Waals surface area (Å²) in [6, 6.07) is 12.9. The van der Waals surface area contributed by atoms with Crippen molar-refractivity contribution in [2.24, 2.45) is 5.73 Å². The topological polar surface area (TPSA) is 112 Å². The van der Waals surface area contributed by atoms with Gasteiger partial charge in [-0.3, -0.25) is 9.69 Å². The quantitative estimate of drug-likeness (QED) is 0.659. The minimum Gasteiger partial charge on any atom is -0.465 e. The molecule has 1 unspecified atom stereocenters. The predicted molar refractivity (Wildman–Crippen MR) is 95.7 cm³/mol. The van der Waals surface area contributed by atoms with E-state index in [2.05, 4.69) is 9.97 Å². The Morgan fingerprint density at radius 1 is 1.19 bits per heavy atom. The van der Waals surface area contributed by atoms with Crippen LogP contribution in [0.25, 0.3) is 11.0 Å². The van der Waals surface area contributed by atoms with Gasteiger partial charge in [0, 0.05) is 6.42 Å². The van der Waals surface area contributed by atoms with Crippen molar-refractivity contribution in [1.29, 1.82) is 0 Å². The Bertz CT molecular complexity index is 1040. The fourth-order valence-corrected chi connectivity index (χ4v) is 3.67. The number of benzene rings is 2. The molecule has 4 N–H and O–H groups in total. The van der Waals surface area contributed by atoms with Crippen LogP contribution in [-0.2, 0) is 18.5 Å². The van der Waals surface area contributed by atoms with Gasteiger partial charge in [0.2, 0.25) is 0 Å². The average Bonchev–Trinajstić information content (AvgIpc) is 3.05. The molecule has 1 aliphatic rings. The Morgan fingerprint density at radius 2 is 1.92 bits per heavy atom.